The molecule has 0 aliphatic carbocycles. The number of anilines is 1. The Morgan fingerprint density at radius 3 is 3.11 bits per heavy atom. The van der Waals surface area contributed by atoms with Crippen molar-refractivity contribution in [3.05, 3.63) is 45.4 Å². The van der Waals surface area contributed by atoms with Crippen molar-refractivity contribution in [3.63, 3.8) is 0 Å². The zero-order valence-electron chi connectivity index (χ0n) is 9.64. The number of hydrogen-bond donors (Lipinski definition) is 1. The molecule has 2 aromatic rings. The van der Waals surface area contributed by atoms with E-state index in [1.807, 2.05) is 23.8 Å². The summed E-state index contributed by atoms with van der Waals surface area (Å²) >= 11 is 6.50. The molecule has 1 aromatic carbocycles. The summed E-state index contributed by atoms with van der Waals surface area (Å²) in [6.07, 6.45) is 2.03. The van der Waals surface area contributed by atoms with Gasteiger partial charge in [-0.25, -0.2) is 4.98 Å². The van der Waals surface area contributed by atoms with Gasteiger partial charge in [-0.1, -0.05) is 22.0 Å². The lowest BCUT2D eigenvalue weighted by Crippen LogP contribution is -2.11. The van der Waals surface area contributed by atoms with Crippen LogP contribution in [-0.2, 0) is 5.75 Å². The summed E-state index contributed by atoms with van der Waals surface area (Å²) in [5.74, 6) is 0.727. The highest BCUT2D eigenvalue weighted by molar-refractivity contribution is 9.10. The Morgan fingerprint density at radius 1 is 1.56 bits per heavy atom. The van der Waals surface area contributed by atoms with Gasteiger partial charge in [-0.15, -0.1) is 11.3 Å². The van der Waals surface area contributed by atoms with Crippen molar-refractivity contribution in [2.75, 3.05) is 11.6 Å². The van der Waals surface area contributed by atoms with Crippen LogP contribution in [0, 0.1) is 0 Å². The van der Waals surface area contributed by atoms with Crippen molar-refractivity contribution in [3.8, 4) is 0 Å². The van der Waals surface area contributed by atoms with Crippen molar-refractivity contribution in [1.82, 2.24) is 4.98 Å². The summed E-state index contributed by atoms with van der Waals surface area (Å²) in [7, 11) is 0. The van der Waals surface area contributed by atoms with Crippen LogP contribution < -0.4 is 5.32 Å². The number of amides is 1. The molecule has 0 fully saturated rings. The second kappa shape index (κ2) is 6.36. The fourth-order valence-electron chi connectivity index (χ4n) is 1.38. The van der Waals surface area contributed by atoms with E-state index in [0.717, 1.165) is 15.9 Å². The molecule has 0 aliphatic rings. The van der Waals surface area contributed by atoms with Crippen LogP contribution in [0.15, 0.2) is 34.1 Å². The van der Waals surface area contributed by atoms with E-state index in [4.69, 9.17) is 0 Å². The number of nitrogens with one attached hydrogen (secondary N) is 1. The van der Waals surface area contributed by atoms with Crippen LogP contribution in [0.25, 0.3) is 0 Å². The molecule has 0 aliphatic heterocycles. The fourth-order valence-corrected chi connectivity index (χ4v) is 3.03. The van der Waals surface area contributed by atoms with Crippen LogP contribution in [0.1, 0.15) is 16.1 Å². The van der Waals surface area contributed by atoms with Gasteiger partial charge in [0, 0.05) is 21.2 Å². The molecule has 3 nitrogen and oxygen atoms in total. The van der Waals surface area contributed by atoms with Crippen molar-refractivity contribution in [2.24, 2.45) is 0 Å². The molecule has 0 atom stereocenters. The van der Waals surface area contributed by atoms with E-state index in [-0.39, 0.29) is 5.91 Å². The number of rotatable bonds is 4. The third kappa shape index (κ3) is 3.57. The Morgan fingerprint density at radius 2 is 2.39 bits per heavy atom. The minimum Gasteiger partial charge on any atom is -0.298 e. The molecule has 1 aromatic heterocycles. The van der Waals surface area contributed by atoms with Gasteiger partial charge >= 0.3 is 0 Å². The van der Waals surface area contributed by atoms with Crippen LogP contribution in [0.5, 0.6) is 0 Å². The number of aromatic nitrogens is 1. The van der Waals surface area contributed by atoms with Crippen LogP contribution in [0.4, 0.5) is 5.13 Å². The van der Waals surface area contributed by atoms with E-state index in [9.17, 15) is 4.79 Å². The van der Waals surface area contributed by atoms with E-state index in [1.165, 1.54) is 11.3 Å². The van der Waals surface area contributed by atoms with Gasteiger partial charge in [0.25, 0.3) is 5.91 Å². The van der Waals surface area contributed by atoms with Crippen LogP contribution in [0.3, 0.4) is 0 Å². The molecule has 0 saturated heterocycles. The number of carbonyl (C=O) groups excluding carboxylic acids is 1. The maximum atomic E-state index is 12.0. The molecular weight excluding hydrogens is 332 g/mol. The molecule has 0 saturated carbocycles. The van der Waals surface area contributed by atoms with Gasteiger partial charge in [-0.05, 0) is 24.5 Å². The first kappa shape index (κ1) is 13.6. The first-order chi connectivity index (χ1) is 8.69. The second-order valence-electron chi connectivity index (χ2n) is 3.54. The predicted molar refractivity (Wildman–Crippen MR) is 81.4 cm³/mol. The molecule has 1 amide bonds. The van der Waals surface area contributed by atoms with E-state index >= 15 is 0 Å². The summed E-state index contributed by atoms with van der Waals surface area (Å²) in [6, 6.07) is 7.28. The molecule has 0 bridgehead atoms. The molecule has 94 valence electrons. The third-order valence-electron chi connectivity index (χ3n) is 2.15. The minimum atomic E-state index is -0.138. The second-order valence-corrected chi connectivity index (χ2v) is 6.18. The van der Waals surface area contributed by atoms with Gasteiger partial charge in [-0.3, -0.25) is 10.1 Å². The van der Waals surface area contributed by atoms with Crippen molar-refractivity contribution in [1.29, 1.82) is 0 Å². The molecule has 1 N–H and O–H groups in total. The van der Waals surface area contributed by atoms with Crippen molar-refractivity contribution < 1.29 is 4.79 Å². The Hall–Kier alpha value is -0.850. The predicted octanol–water partition coefficient (Wildman–Crippen LogP) is 4.02. The highest BCUT2D eigenvalue weighted by Gasteiger charge is 2.09. The lowest BCUT2D eigenvalue weighted by molar-refractivity contribution is 0.102. The highest BCUT2D eigenvalue weighted by atomic mass is 79.9. The van der Waals surface area contributed by atoms with E-state index < -0.39 is 0 Å². The Bertz CT molecular complexity index is 557. The fraction of sp³-hybridized carbons (Fsp3) is 0.167. The number of hydrogen-bond acceptors (Lipinski definition) is 4. The summed E-state index contributed by atoms with van der Waals surface area (Å²) in [5.41, 5.74) is 1.61. The minimum absolute atomic E-state index is 0.138. The first-order valence-electron chi connectivity index (χ1n) is 5.19. The number of halogens is 1. The smallest absolute Gasteiger partial charge is 0.257 e. The molecule has 18 heavy (non-hydrogen) atoms. The van der Waals surface area contributed by atoms with E-state index in [2.05, 4.69) is 26.2 Å². The SMILES string of the molecule is CSCc1csc(NC(=O)c2cccc(Br)c2)n1. The van der Waals surface area contributed by atoms with Gasteiger partial charge in [0.05, 0.1) is 5.69 Å². The molecule has 0 radical (unpaired) electrons. The van der Waals surface area contributed by atoms with E-state index in [1.54, 1.807) is 23.9 Å². The maximum absolute atomic E-state index is 12.0. The van der Waals surface area contributed by atoms with Crippen LogP contribution in [-0.4, -0.2) is 17.1 Å². The van der Waals surface area contributed by atoms with Gasteiger partial charge in [0.15, 0.2) is 5.13 Å². The summed E-state index contributed by atoms with van der Waals surface area (Å²) in [6.45, 7) is 0. The van der Waals surface area contributed by atoms with Crippen LogP contribution >= 0.6 is 39.0 Å². The van der Waals surface area contributed by atoms with Crippen LogP contribution in [0.2, 0.25) is 0 Å². The lowest BCUT2D eigenvalue weighted by atomic mass is 10.2. The molecule has 2 rings (SSSR count). The summed E-state index contributed by atoms with van der Waals surface area (Å²) in [4.78, 5) is 16.3. The molecule has 1 heterocycles. The van der Waals surface area contributed by atoms with Gasteiger partial charge < -0.3 is 0 Å². The zero-order valence-corrected chi connectivity index (χ0v) is 12.9. The summed E-state index contributed by atoms with van der Waals surface area (Å²) in [5, 5.41) is 5.41. The average Bonchev–Trinajstić information content (AvgIpc) is 2.77. The standard InChI is InChI=1S/C12H11BrN2OS2/c1-17-6-10-7-18-12(14-10)15-11(16)8-3-2-4-9(13)5-8/h2-5,7H,6H2,1H3,(H,14,15,16). The largest absolute Gasteiger partial charge is 0.298 e. The number of thioether (sulfide) groups is 1. The number of nitrogens with zero attached hydrogens (tertiary/aromatic N) is 1. The number of carbonyl (C=O) groups is 1. The maximum Gasteiger partial charge on any atom is 0.257 e. The zero-order chi connectivity index (χ0) is 13.0. The normalized spacial score (nSPS) is 10.3. The topological polar surface area (TPSA) is 42.0 Å². The van der Waals surface area contributed by atoms with Gasteiger partial charge in [0.1, 0.15) is 0 Å². The Labute approximate surface area is 122 Å². The lowest BCUT2D eigenvalue weighted by Gasteiger charge is -2.01. The van der Waals surface area contributed by atoms with E-state index in [0.29, 0.717) is 10.7 Å². The van der Waals surface area contributed by atoms with Gasteiger partial charge in [-0.2, -0.15) is 11.8 Å². The van der Waals surface area contributed by atoms with Crippen molar-refractivity contribution >= 4 is 50.1 Å². The van der Waals surface area contributed by atoms with Crippen molar-refractivity contribution in [2.45, 2.75) is 5.75 Å². The monoisotopic (exact) mass is 342 g/mol. The summed E-state index contributed by atoms with van der Waals surface area (Å²) < 4.78 is 0.886. The van der Waals surface area contributed by atoms with Gasteiger partial charge in [0.2, 0.25) is 0 Å². The Balaban J connectivity index is 2.06. The number of benzene rings is 1. The molecular formula is C12H11BrN2OS2. The Kier molecular flexibility index (Phi) is 4.79. The molecule has 0 spiro atoms. The quantitative estimate of drug-likeness (QED) is 0.912. The first-order valence-corrected chi connectivity index (χ1v) is 8.26. The molecule has 0 unspecified atom stereocenters. The third-order valence-corrected chi connectivity index (χ3v) is 4.04. The highest BCUT2D eigenvalue weighted by Crippen LogP contribution is 2.20. The average molecular weight is 343 g/mol. The number of thiazole rings is 1. The molecule has 6 heteroatoms.